The summed E-state index contributed by atoms with van der Waals surface area (Å²) in [5.74, 6) is 0.0690. The fraction of sp³-hybridized carbons (Fsp3) is 0.500. The van der Waals surface area contributed by atoms with E-state index < -0.39 is 6.10 Å². The van der Waals surface area contributed by atoms with Gasteiger partial charge in [0.1, 0.15) is 24.1 Å². The minimum atomic E-state index is -0.643. The quantitative estimate of drug-likeness (QED) is 0.850. The van der Waals surface area contributed by atoms with Crippen molar-refractivity contribution in [1.29, 1.82) is 0 Å². The maximum Gasteiger partial charge on any atom is 0.258 e. The molecule has 2 fully saturated rings. The Bertz CT molecular complexity index is 570. The number of halogens is 2. The van der Waals surface area contributed by atoms with Gasteiger partial charge in [0.05, 0.1) is 24.3 Å². The van der Waals surface area contributed by atoms with E-state index in [-0.39, 0.29) is 37.4 Å². The van der Waals surface area contributed by atoms with Crippen molar-refractivity contribution in [2.45, 2.75) is 24.4 Å². The van der Waals surface area contributed by atoms with Crippen LogP contribution in [0.5, 0.6) is 5.75 Å². The average molecular weight is 348 g/mol. The molecular formula is C14H15Cl2NO5. The fourth-order valence-electron chi connectivity index (χ4n) is 2.59. The van der Waals surface area contributed by atoms with Crippen LogP contribution in [0, 0.1) is 0 Å². The normalized spacial score (nSPS) is 30.1. The molecule has 0 aromatic heterocycles. The van der Waals surface area contributed by atoms with Gasteiger partial charge in [-0.15, -0.1) is 0 Å². The second kappa shape index (κ2) is 6.60. The van der Waals surface area contributed by atoms with Crippen LogP contribution in [0.1, 0.15) is 0 Å². The molecule has 2 saturated heterocycles. The van der Waals surface area contributed by atoms with Crippen molar-refractivity contribution < 1.29 is 24.1 Å². The number of carbonyl (C=O) groups excluding carboxylic acids is 1. The van der Waals surface area contributed by atoms with Crippen LogP contribution in [-0.2, 0) is 14.3 Å². The third-order valence-corrected chi connectivity index (χ3v) is 4.16. The first-order chi connectivity index (χ1) is 10.5. The molecule has 2 heterocycles. The van der Waals surface area contributed by atoms with Gasteiger partial charge in [-0.25, -0.2) is 0 Å². The highest BCUT2D eigenvalue weighted by molar-refractivity contribution is 6.35. The third kappa shape index (κ3) is 3.31. The maximum atomic E-state index is 11.9. The molecule has 4 atom stereocenters. The van der Waals surface area contributed by atoms with E-state index in [1.807, 2.05) is 0 Å². The number of rotatable bonds is 4. The number of aliphatic hydroxyl groups excluding tert-OH is 1. The Morgan fingerprint density at radius 3 is 2.86 bits per heavy atom. The first kappa shape index (κ1) is 15.8. The smallest absolute Gasteiger partial charge is 0.258 e. The predicted octanol–water partition coefficient (Wildman–Crippen LogP) is 1.02. The Hall–Kier alpha value is -1.05. The highest BCUT2D eigenvalue weighted by Gasteiger charge is 2.47. The molecule has 3 rings (SSSR count). The molecule has 0 aliphatic carbocycles. The topological polar surface area (TPSA) is 77.0 Å². The van der Waals surface area contributed by atoms with Crippen LogP contribution in [0.4, 0.5) is 0 Å². The van der Waals surface area contributed by atoms with E-state index in [0.717, 1.165) is 0 Å². The van der Waals surface area contributed by atoms with Crippen molar-refractivity contribution in [1.82, 2.24) is 5.32 Å². The first-order valence-electron chi connectivity index (χ1n) is 6.83. The Morgan fingerprint density at radius 1 is 1.32 bits per heavy atom. The van der Waals surface area contributed by atoms with Crippen molar-refractivity contribution >= 4 is 29.1 Å². The summed E-state index contributed by atoms with van der Waals surface area (Å²) < 4.78 is 16.2. The van der Waals surface area contributed by atoms with Gasteiger partial charge in [0.2, 0.25) is 0 Å². The van der Waals surface area contributed by atoms with Crippen molar-refractivity contribution in [2.75, 3.05) is 19.8 Å². The Balaban J connectivity index is 1.51. The summed E-state index contributed by atoms with van der Waals surface area (Å²) in [5.41, 5.74) is 0. The summed E-state index contributed by atoms with van der Waals surface area (Å²) in [6, 6.07) is 4.48. The van der Waals surface area contributed by atoms with Crippen LogP contribution in [0.15, 0.2) is 18.2 Å². The van der Waals surface area contributed by atoms with Crippen LogP contribution in [0.25, 0.3) is 0 Å². The number of ether oxygens (including phenoxy) is 3. The van der Waals surface area contributed by atoms with E-state index >= 15 is 0 Å². The molecule has 0 spiro atoms. The molecule has 0 unspecified atom stereocenters. The van der Waals surface area contributed by atoms with Gasteiger partial charge in [-0.3, -0.25) is 4.79 Å². The van der Waals surface area contributed by atoms with Crippen LogP contribution in [0.3, 0.4) is 0 Å². The number of benzene rings is 1. The summed E-state index contributed by atoms with van der Waals surface area (Å²) >= 11 is 11.8. The summed E-state index contributed by atoms with van der Waals surface area (Å²) in [6.07, 6.45) is -1.34. The van der Waals surface area contributed by atoms with E-state index in [0.29, 0.717) is 22.4 Å². The molecule has 2 aliphatic rings. The number of hydrogen-bond acceptors (Lipinski definition) is 5. The lowest BCUT2D eigenvalue weighted by atomic mass is 10.1. The number of aliphatic hydroxyl groups is 1. The van der Waals surface area contributed by atoms with E-state index in [9.17, 15) is 9.90 Å². The summed E-state index contributed by atoms with van der Waals surface area (Å²) in [5, 5.41) is 13.3. The second-order valence-corrected chi connectivity index (χ2v) is 6.04. The standard InChI is InChI=1S/C14H15Cl2NO5/c15-7-1-2-11(8(16)3-7)20-6-12(19)17-9-4-21-14-10(18)5-22-13(9)14/h1-3,9-10,13-14,18H,4-6H2,(H,17,19)/t9-,10-,13-,14-/m1/s1. The number of nitrogens with one attached hydrogen (secondary N) is 1. The molecule has 6 nitrogen and oxygen atoms in total. The number of hydrogen-bond donors (Lipinski definition) is 2. The molecule has 0 bridgehead atoms. The number of amides is 1. The van der Waals surface area contributed by atoms with Crippen LogP contribution < -0.4 is 10.1 Å². The zero-order valence-corrected chi connectivity index (χ0v) is 13.0. The Kier molecular flexibility index (Phi) is 4.75. The van der Waals surface area contributed by atoms with E-state index in [1.54, 1.807) is 18.2 Å². The van der Waals surface area contributed by atoms with Crippen molar-refractivity contribution in [3.63, 3.8) is 0 Å². The van der Waals surface area contributed by atoms with E-state index in [2.05, 4.69) is 5.32 Å². The Labute approximate surface area is 137 Å². The molecule has 1 aromatic rings. The van der Waals surface area contributed by atoms with Gasteiger partial charge in [0, 0.05) is 5.02 Å². The molecule has 2 aliphatic heterocycles. The van der Waals surface area contributed by atoms with Crippen LogP contribution in [0.2, 0.25) is 10.0 Å². The highest BCUT2D eigenvalue weighted by Crippen LogP contribution is 2.28. The molecule has 1 amide bonds. The van der Waals surface area contributed by atoms with Gasteiger partial charge in [0.15, 0.2) is 6.61 Å². The molecule has 2 N–H and O–H groups in total. The van der Waals surface area contributed by atoms with Gasteiger partial charge in [-0.2, -0.15) is 0 Å². The highest BCUT2D eigenvalue weighted by atomic mass is 35.5. The van der Waals surface area contributed by atoms with E-state index in [1.165, 1.54) is 0 Å². The largest absolute Gasteiger partial charge is 0.482 e. The number of carbonyl (C=O) groups is 1. The summed E-state index contributed by atoms with van der Waals surface area (Å²) in [6.45, 7) is 0.343. The zero-order valence-electron chi connectivity index (χ0n) is 11.5. The molecule has 1 aromatic carbocycles. The lowest BCUT2D eigenvalue weighted by Gasteiger charge is -2.17. The molecular weight excluding hydrogens is 333 g/mol. The van der Waals surface area contributed by atoms with Crippen molar-refractivity contribution in [2.24, 2.45) is 0 Å². The number of fused-ring (bicyclic) bond motifs is 1. The molecule has 8 heteroatoms. The summed E-state index contributed by atoms with van der Waals surface area (Å²) in [4.78, 5) is 11.9. The minimum absolute atomic E-state index is 0.183. The molecule has 22 heavy (non-hydrogen) atoms. The van der Waals surface area contributed by atoms with Gasteiger partial charge in [-0.1, -0.05) is 23.2 Å². The predicted molar refractivity (Wildman–Crippen MR) is 79.4 cm³/mol. The average Bonchev–Trinajstić information content (AvgIpc) is 3.02. The van der Waals surface area contributed by atoms with Gasteiger partial charge in [0.25, 0.3) is 5.91 Å². The maximum absolute atomic E-state index is 11.9. The van der Waals surface area contributed by atoms with Crippen molar-refractivity contribution in [3.05, 3.63) is 28.2 Å². The first-order valence-corrected chi connectivity index (χ1v) is 7.58. The van der Waals surface area contributed by atoms with E-state index in [4.69, 9.17) is 37.4 Å². The Morgan fingerprint density at radius 2 is 2.09 bits per heavy atom. The molecule has 0 saturated carbocycles. The van der Waals surface area contributed by atoms with Crippen LogP contribution >= 0.6 is 23.2 Å². The third-order valence-electron chi connectivity index (χ3n) is 3.63. The van der Waals surface area contributed by atoms with Crippen molar-refractivity contribution in [3.8, 4) is 5.75 Å². The van der Waals surface area contributed by atoms with Crippen LogP contribution in [-0.4, -0.2) is 55.2 Å². The molecule has 0 radical (unpaired) electrons. The summed E-state index contributed by atoms with van der Waals surface area (Å²) in [7, 11) is 0. The lowest BCUT2D eigenvalue weighted by Crippen LogP contribution is -2.45. The minimum Gasteiger partial charge on any atom is -0.482 e. The molecule has 120 valence electrons. The van der Waals surface area contributed by atoms with Gasteiger partial charge in [-0.05, 0) is 18.2 Å². The zero-order chi connectivity index (χ0) is 15.7. The fourth-order valence-corrected chi connectivity index (χ4v) is 3.05. The lowest BCUT2D eigenvalue weighted by molar-refractivity contribution is -0.124. The van der Waals surface area contributed by atoms with Gasteiger partial charge < -0.3 is 24.6 Å². The van der Waals surface area contributed by atoms with Gasteiger partial charge >= 0.3 is 0 Å². The second-order valence-electron chi connectivity index (χ2n) is 5.20. The SMILES string of the molecule is O=C(COc1ccc(Cl)cc1Cl)N[C@@H]1CO[C@H]2[C@@H]1OC[C@H]2O. The monoisotopic (exact) mass is 347 g/mol.